The van der Waals surface area contributed by atoms with E-state index in [2.05, 4.69) is 17.2 Å². The quantitative estimate of drug-likeness (QED) is 0.340. The minimum Gasteiger partial charge on any atom is -0.383 e. The Morgan fingerprint density at radius 3 is 2.62 bits per heavy atom. The molecule has 2 amide bonds. The van der Waals surface area contributed by atoms with Crippen molar-refractivity contribution in [3.63, 3.8) is 0 Å². The molecule has 0 saturated carbocycles. The van der Waals surface area contributed by atoms with E-state index >= 15 is 0 Å². The smallest absolute Gasteiger partial charge is 0.383 e. The molecule has 1 aromatic carbocycles. The standard InChI is InChI=1S/C30H37F3N6O2S/c1-3-19-14-22(16-35-26(19)34)36-27(40)29(41)39-17-18(2)4-6-24(39)21-5-7-25-23(15-21)37-28(42-25)20-8-11-38(12-9-20)13-10-30(31,32)33/h5,7,14-16,18,20,24H,3-4,6,8-13,17H2,1-2H3,(H2,34,35)(H,36,40)/t18-,24+/m0/s1. The lowest BCUT2D eigenvalue weighted by Gasteiger charge is -2.38. The Hall–Kier alpha value is -3.25. The number of likely N-dealkylation sites (tertiary alicyclic amines) is 2. The van der Waals surface area contributed by atoms with Crippen LogP contribution in [0.25, 0.3) is 10.2 Å². The van der Waals surface area contributed by atoms with Gasteiger partial charge in [0.25, 0.3) is 0 Å². The van der Waals surface area contributed by atoms with Gasteiger partial charge in [0.15, 0.2) is 0 Å². The fraction of sp³-hybridized carbons (Fsp3) is 0.533. The number of nitrogens with two attached hydrogens (primary N) is 1. The molecule has 3 aromatic rings. The highest BCUT2D eigenvalue weighted by atomic mass is 32.1. The van der Waals surface area contributed by atoms with Gasteiger partial charge in [-0.25, -0.2) is 9.97 Å². The summed E-state index contributed by atoms with van der Waals surface area (Å²) in [6.45, 7) is 5.81. The normalized spacial score (nSPS) is 20.6. The number of amides is 2. The fourth-order valence-corrected chi connectivity index (χ4v) is 7.06. The lowest BCUT2D eigenvalue weighted by atomic mass is 9.89. The number of hydrogen-bond acceptors (Lipinski definition) is 7. The molecule has 12 heteroatoms. The highest BCUT2D eigenvalue weighted by molar-refractivity contribution is 7.18. The predicted octanol–water partition coefficient (Wildman–Crippen LogP) is 5.91. The monoisotopic (exact) mass is 602 g/mol. The van der Waals surface area contributed by atoms with Gasteiger partial charge < -0.3 is 20.9 Å². The molecular formula is C30H37F3N6O2S. The van der Waals surface area contributed by atoms with Crippen LogP contribution >= 0.6 is 11.3 Å². The molecule has 0 radical (unpaired) electrons. The number of piperidine rings is 2. The van der Waals surface area contributed by atoms with E-state index in [1.165, 1.54) is 6.20 Å². The number of nitrogen functional groups attached to an aromatic ring is 1. The Balaban J connectivity index is 1.28. The summed E-state index contributed by atoms with van der Waals surface area (Å²) in [5, 5.41) is 3.70. The highest BCUT2D eigenvalue weighted by Gasteiger charge is 2.35. The van der Waals surface area contributed by atoms with Crippen LogP contribution in [0.2, 0.25) is 0 Å². The van der Waals surface area contributed by atoms with Gasteiger partial charge in [0.2, 0.25) is 0 Å². The van der Waals surface area contributed by atoms with Crippen LogP contribution in [-0.4, -0.2) is 63.9 Å². The third-order valence-electron chi connectivity index (χ3n) is 8.37. The molecule has 2 aromatic heterocycles. The third kappa shape index (κ3) is 7.03. The van der Waals surface area contributed by atoms with E-state index in [1.54, 1.807) is 22.3 Å². The number of hydrogen-bond donors (Lipinski definition) is 2. The van der Waals surface area contributed by atoms with Crippen molar-refractivity contribution in [3.8, 4) is 0 Å². The second-order valence-corrected chi connectivity index (χ2v) is 12.6. The first-order valence-electron chi connectivity index (χ1n) is 14.6. The number of benzene rings is 1. The number of carbonyl (C=O) groups is 2. The van der Waals surface area contributed by atoms with Gasteiger partial charge in [0, 0.05) is 19.0 Å². The Labute approximate surface area is 247 Å². The molecule has 2 saturated heterocycles. The largest absolute Gasteiger partial charge is 0.390 e. The number of aromatic nitrogens is 2. The highest BCUT2D eigenvalue weighted by Crippen LogP contribution is 2.38. The van der Waals surface area contributed by atoms with E-state index in [1.807, 2.05) is 30.0 Å². The Bertz CT molecular complexity index is 1440. The number of fused-ring (bicyclic) bond motifs is 1. The Kier molecular flexibility index (Phi) is 9.03. The molecule has 42 heavy (non-hydrogen) atoms. The summed E-state index contributed by atoms with van der Waals surface area (Å²) in [6, 6.07) is 7.55. The van der Waals surface area contributed by atoms with Crippen molar-refractivity contribution < 1.29 is 22.8 Å². The van der Waals surface area contributed by atoms with Crippen molar-refractivity contribution in [1.82, 2.24) is 19.8 Å². The number of nitrogens with one attached hydrogen (secondary N) is 1. The third-order valence-corrected chi connectivity index (χ3v) is 9.57. The molecule has 226 valence electrons. The van der Waals surface area contributed by atoms with Crippen LogP contribution in [-0.2, 0) is 16.0 Å². The van der Waals surface area contributed by atoms with Crippen LogP contribution in [0.15, 0.2) is 30.5 Å². The summed E-state index contributed by atoms with van der Waals surface area (Å²) in [5.41, 5.74) is 8.90. The molecule has 8 nitrogen and oxygen atoms in total. The molecule has 2 fully saturated rings. The first-order chi connectivity index (χ1) is 20.0. The average molecular weight is 603 g/mol. The molecule has 2 atom stereocenters. The lowest BCUT2D eigenvalue weighted by molar-refractivity contribution is -0.146. The Morgan fingerprint density at radius 1 is 1.14 bits per heavy atom. The van der Waals surface area contributed by atoms with Gasteiger partial charge in [-0.2, -0.15) is 13.2 Å². The van der Waals surface area contributed by atoms with Gasteiger partial charge in [0.05, 0.1) is 39.6 Å². The van der Waals surface area contributed by atoms with Crippen molar-refractivity contribution in [2.45, 2.75) is 70.5 Å². The molecule has 0 aliphatic carbocycles. The zero-order valence-corrected chi connectivity index (χ0v) is 24.7. The second-order valence-electron chi connectivity index (χ2n) is 11.5. The number of carbonyl (C=O) groups excluding carboxylic acids is 2. The van der Waals surface area contributed by atoms with Crippen LogP contribution in [0.5, 0.6) is 0 Å². The minimum absolute atomic E-state index is 0.0450. The lowest BCUT2D eigenvalue weighted by Crippen LogP contribution is -2.46. The maximum Gasteiger partial charge on any atom is 0.390 e. The van der Waals surface area contributed by atoms with Crippen LogP contribution in [0, 0.1) is 5.92 Å². The maximum absolute atomic E-state index is 13.4. The van der Waals surface area contributed by atoms with Crippen LogP contribution < -0.4 is 11.1 Å². The van der Waals surface area contributed by atoms with Crippen LogP contribution in [0.4, 0.5) is 24.7 Å². The first-order valence-corrected chi connectivity index (χ1v) is 15.4. The molecule has 0 spiro atoms. The molecule has 5 rings (SSSR count). The van der Waals surface area contributed by atoms with Crippen molar-refractivity contribution in [2.24, 2.45) is 5.92 Å². The van der Waals surface area contributed by atoms with Crippen molar-refractivity contribution in [3.05, 3.63) is 46.6 Å². The van der Waals surface area contributed by atoms with Crippen molar-refractivity contribution in [1.29, 1.82) is 0 Å². The molecule has 4 heterocycles. The van der Waals surface area contributed by atoms with E-state index < -0.39 is 24.4 Å². The summed E-state index contributed by atoms with van der Waals surface area (Å²) in [5.74, 6) is -0.404. The number of alkyl halides is 3. The fourth-order valence-electron chi connectivity index (χ4n) is 5.94. The number of thiazole rings is 1. The summed E-state index contributed by atoms with van der Waals surface area (Å²) in [6.07, 6.45) is 0.446. The van der Waals surface area contributed by atoms with Gasteiger partial charge in [-0.1, -0.05) is 19.9 Å². The number of nitrogens with zero attached hydrogens (tertiary/aromatic N) is 4. The molecule has 0 unspecified atom stereocenters. The van der Waals surface area contributed by atoms with Gasteiger partial charge in [-0.15, -0.1) is 11.3 Å². The van der Waals surface area contributed by atoms with Crippen LogP contribution in [0.1, 0.15) is 74.0 Å². The van der Waals surface area contributed by atoms with E-state index in [0.29, 0.717) is 37.6 Å². The topological polar surface area (TPSA) is 104 Å². The number of anilines is 2. The van der Waals surface area contributed by atoms with Crippen LogP contribution in [0.3, 0.4) is 0 Å². The van der Waals surface area contributed by atoms with Gasteiger partial charge in [-0.05, 0) is 80.4 Å². The molecule has 2 aliphatic heterocycles. The summed E-state index contributed by atoms with van der Waals surface area (Å²) < 4.78 is 38.9. The predicted molar refractivity (Wildman–Crippen MR) is 158 cm³/mol. The molecular weight excluding hydrogens is 565 g/mol. The maximum atomic E-state index is 13.4. The van der Waals surface area contributed by atoms with Gasteiger partial charge >= 0.3 is 18.0 Å². The number of pyridine rings is 1. The van der Waals surface area contributed by atoms with E-state index in [0.717, 1.165) is 52.0 Å². The molecule has 0 bridgehead atoms. The summed E-state index contributed by atoms with van der Waals surface area (Å²) in [4.78, 5) is 39.1. The van der Waals surface area contributed by atoms with Crippen molar-refractivity contribution >= 4 is 44.9 Å². The molecule has 3 N–H and O–H groups in total. The van der Waals surface area contributed by atoms with E-state index in [4.69, 9.17) is 10.7 Å². The number of halogens is 3. The van der Waals surface area contributed by atoms with Crippen molar-refractivity contribution in [2.75, 3.05) is 37.2 Å². The van der Waals surface area contributed by atoms with Gasteiger partial charge in [-0.3, -0.25) is 9.59 Å². The second kappa shape index (κ2) is 12.5. The van der Waals surface area contributed by atoms with E-state index in [-0.39, 0.29) is 24.4 Å². The summed E-state index contributed by atoms with van der Waals surface area (Å²) >= 11 is 1.63. The number of rotatable bonds is 6. The SMILES string of the molecule is CCc1cc(NC(=O)C(=O)N2C[C@@H](C)CC[C@@H]2c2ccc3sc(C4CCN(CCC(F)(F)F)CC4)nc3c2)cnc1N. The van der Waals surface area contributed by atoms with E-state index in [9.17, 15) is 22.8 Å². The minimum atomic E-state index is -4.13. The zero-order valence-electron chi connectivity index (χ0n) is 23.9. The first kappa shape index (κ1) is 30.2. The zero-order chi connectivity index (χ0) is 30.0. The van der Waals surface area contributed by atoms with Gasteiger partial charge in [0.1, 0.15) is 5.82 Å². The average Bonchev–Trinajstić information content (AvgIpc) is 3.40. The number of aryl methyl sites for hydroxylation is 1. The molecule has 2 aliphatic rings. The Morgan fingerprint density at radius 2 is 1.90 bits per heavy atom. The summed E-state index contributed by atoms with van der Waals surface area (Å²) in [7, 11) is 0.